The average Bonchev–Trinajstić information content (AvgIpc) is 2.90. The first-order chi connectivity index (χ1) is 19.4. The molecule has 5 N–H and O–H groups in total. The Hall–Kier alpha value is -3.89. The summed E-state index contributed by atoms with van der Waals surface area (Å²) in [6.45, 7) is 9.51. The SMILES string of the molecule is COC(=O)[C@@H](NC(=O)N[C@H](C(=O)N[C@H]1CCCCNC(=O)/C=C\[C@H](Cc2cccc(C)c2)NC1=O)C(C)C)C(C)C. The number of benzene rings is 1. The van der Waals surface area contributed by atoms with E-state index >= 15 is 0 Å². The standard InChI is InChI=1S/C30H45N5O6/c1-18(2)25(34-30(40)35-26(19(3)4)29(39)41-6)28(38)33-23-12-7-8-15-31-24(36)14-13-22(32-27(23)37)17-21-11-9-10-20(5)16-21/h9-11,13-14,16,18-19,22-23,25-26H,7-8,12,15,17H2,1-6H3,(H,31,36)(H,32,37)(H,33,38)(H2,34,35,40)/b14-13-/t22-,23+,25+,26+/m1/s1. The minimum atomic E-state index is -0.961. The minimum absolute atomic E-state index is 0.227. The largest absolute Gasteiger partial charge is 0.467 e. The number of nitrogens with one attached hydrogen (secondary N) is 5. The molecule has 1 aromatic rings. The molecule has 1 aliphatic heterocycles. The van der Waals surface area contributed by atoms with Crippen molar-refractivity contribution in [1.29, 1.82) is 0 Å². The summed E-state index contributed by atoms with van der Waals surface area (Å²) in [4.78, 5) is 63.8. The van der Waals surface area contributed by atoms with E-state index in [1.54, 1.807) is 33.8 Å². The molecule has 0 radical (unpaired) electrons. The van der Waals surface area contributed by atoms with Crippen LogP contribution in [0.4, 0.5) is 4.79 Å². The number of aryl methyl sites for hydroxylation is 1. The van der Waals surface area contributed by atoms with Crippen molar-refractivity contribution in [2.75, 3.05) is 13.7 Å². The van der Waals surface area contributed by atoms with Gasteiger partial charge in [0.2, 0.25) is 17.7 Å². The molecule has 0 aromatic heterocycles. The van der Waals surface area contributed by atoms with Crippen LogP contribution in [0.1, 0.15) is 58.1 Å². The highest BCUT2D eigenvalue weighted by atomic mass is 16.5. The third-order valence-corrected chi connectivity index (χ3v) is 6.84. The summed E-state index contributed by atoms with van der Waals surface area (Å²) in [5.41, 5.74) is 2.08. The predicted octanol–water partition coefficient (Wildman–Crippen LogP) is 1.88. The number of amides is 5. The van der Waals surface area contributed by atoms with Crippen LogP contribution in [0.5, 0.6) is 0 Å². The van der Waals surface area contributed by atoms with Crippen molar-refractivity contribution in [3.05, 3.63) is 47.5 Å². The molecule has 11 heteroatoms. The van der Waals surface area contributed by atoms with E-state index in [-0.39, 0.29) is 23.7 Å². The number of esters is 1. The summed E-state index contributed by atoms with van der Waals surface area (Å²) in [6.07, 6.45) is 5.11. The van der Waals surface area contributed by atoms with Crippen LogP contribution in [-0.4, -0.2) is 67.5 Å². The van der Waals surface area contributed by atoms with Gasteiger partial charge in [-0.3, -0.25) is 14.4 Å². The van der Waals surface area contributed by atoms with Crippen LogP contribution in [-0.2, 0) is 30.3 Å². The Morgan fingerprint density at radius 3 is 2.34 bits per heavy atom. The molecule has 5 amide bonds. The fraction of sp³-hybridized carbons (Fsp3) is 0.567. The fourth-order valence-corrected chi connectivity index (χ4v) is 4.51. The summed E-state index contributed by atoms with van der Waals surface area (Å²) >= 11 is 0. The van der Waals surface area contributed by atoms with Crippen LogP contribution in [0.2, 0.25) is 0 Å². The van der Waals surface area contributed by atoms with Crippen LogP contribution < -0.4 is 26.6 Å². The number of carbonyl (C=O) groups excluding carboxylic acids is 5. The lowest BCUT2D eigenvalue weighted by atomic mass is 10.0. The second-order valence-corrected chi connectivity index (χ2v) is 11.1. The van der Waals surface area contributed by atoms with E-state index in [2.05, 4.69) is 26.6 Å². The minimum Gasteiger partial charge on any atom is -0.467 e. The molecule has 0 fully saturated rings. The number of rotatable bonds is 9. The molecule has 2 rings (SSSR count). The number of methoxy groups -OCH3 is 1. The second kappa shape index (κ2) is 16.4. The molecule has 226 valence electrons. The van der Waals surface area contributed by atoms with Crippen LogP contribution >= 0.6 is 0 Å². The molecule has 4 atom stereocenters. The average molecular weight is 572 g/mol. The lowest BCUT2D eigenvalue weighted by Crippen LogP contribution is -2.59. The van der Waals surface area contributed by atoms with Gasteiger partial charge in [0, 0.05) is 12.6 Å². The molecule has 41 heavy (non-hydrogen) atoms. The molecule has 1 aromatic carbocycles. The molecule has 0 saturated heterocycles. The highest BCUT2D eigenvalue weighted by molar-refractivity contribution is 5.93. The van der Waals surface area contributed by atoms with E-state index in [4.69, 9.17) is 4.74 Å². The van der Waals surface area contributed by atoms with E-state index in [0.717, 1.165) is 11.1 Å². The molecular weight excluding hydrogens is 526 g/mol. The molecule has 0 unspecified atom stereocenters. The number of urea groups is 1. The van der Waals surface area contributed by atoms with Gasteiger partial charge in [0.1, 0.15) is 18.1 Å². The van der Waals surface area contributed by atoms with Gasteiger partial charge in [-0.2, -0.15) is 0 Å². The normalized spacial score (nSPS) is 20.4. The van der Waals surface area contributed by atoms with Gasteiger partial charge in [-0.25, -0.2) is 9.59 Å². The van der Waals surface area contributed by atoms with Crippen molar-refractivity contribution >= 4 is 29.7 Å². The third-order valence-electron chi connectivity index (χ3n) is 6.84. The zero-order valence-electron chi connectivity index (χ0n) is 24.9. The Labute approximate surface area is 242 Å². The highest BCUT2D eigenvalue weighted by Gasteiger charge is 2.31. The van der Waals surface area contributed by atoms with E-state index in [0.29, 0.717) is 32.2 Å². The number of ether oxygens (including phenoxy) is 1. The Balaban J connectivity index is 2.18. The van der Waals surface area contributed by atoms with Gasteiger partial charge in [-0.05, 0) is 50.0 Å². The van der Waals surface area contributed by atoms with Crippen molar-refractivity contribution < 1.29 is 28.7 Å². The summed E-state index contributed by atoms with van der Waals surface area (Å²) < 4.78 is 4.77. The summed E-state index contributed by atoms with van der Waals surface area (Å²) in [5.74, 6) is -2.24. The molecule has 0 saturated carbocycles. The van der Waals surface area contributed by atoms with E-state index in [1.165, 1.54) is 13.2 Å². The van der Waals surface area contributed by atoms with Crippen LogP contribution in [0.3, 0.4) is 0 Å². The van der Waals surface area contributed by atoms with Crippen molar-refractivity contribution in [3.8, 4) is 0 Å². The maximum atomic E-state index is 13.4. The van der Waals surface area contributed by atoms with Crippen LogP contribution in [0.15, 0.2) is 36.4 Å². The molecule has 0 bridgehead atoms. The Morgan fingerprint density at radius 1 is 1.02 bits per heavy atom. The van der Waals surface area contributed by atoms with Gasteiger partial charge in [0.25, 0.3) is 0 Å². The van der Waals surface area contributed by atoms with E-state index < -0.39 is 42.1 Å². The van der Waals surface area contributed by atoms with Gasteiger partial charge in [0.05, 0.1) is 13.2 Å². The van der Waals surface area contributed by atoms with Crippen LogP contribution in [0, 0.1) is 18.8 Å². The summed E-state index contributed by atoms with van der Waals surface area (Å²) in [7, 11) is 1.24. The Bertz CT molecular complexity index is 1100. The second-order valence-electron chi connectivity index (χ2n) is 11.1. The number of hydrogen-bond donors (Lipinski definition) is 5. The topological polar surface area (TPSA) is 155 Å². The first-order valence-corrected chi connectivity index (χ1v) is 14.2. The lowest BCUT2D eigenvalue weighted by molar-refractivity contribution is -0.144. The van der Waals surface area contributed by atoms with Crippen molar-refractivity contribution in [3.63, 3.8) is 0 Å². The molecule has 11 nitrogen and oxygen atoms in total. The van der Waals surface area contributed by atoms with Crippen molar-refractivity contribution in [2.24, 2.45) is 11.8 Å². The molecular formula is C30H45N5O6. The van der Waals surface area contributed by atoms with E-state index in [9.17, 15) is 24.0 Å². The Kier molecular flexibility index (Phi) is 13.3. The van der Waals surface area contributed by atoms with E-state index in [1.807, 2.05) is 31.2 Å². The zero-order valence-corrected chi connectivity index (χ0v) is 24.9. The van der Waals surface area contributed by atoms with Crippen molar-refractivity contribution in [2.45, 2.75) is 84.5 Å². The van der Waals surface area contributed by atoms with Gasteiger partial charge in [-0.1, -0.05) is 63.6 Å². The predicted molar refractivity (Wildman–Crippen MR) is 156 cm³/mol. The smallest absolute Gasteiger partial charge is 0.328 e. The first kappa shape index (κ1) is 33.3. The Morgan fingerprint density at radius 2 is 1.71 bits per heavy atom. The monoisotopic (exact) mass is 571 g/mol. The molecule has 0 spiro atoms. The summed E-state index contributed by atoms with van der Waals surface area (Å²) in [5, 5.41) is 13.9. The fourth-order valence-electron chi connectivity index (χ4n) is 4.51. The quantitative estimate of drug-likeness (QED) is 0.285. The van der Waals surface area contributed by atoms with Gasteiger partial charge < -0.3 is 31.3 Å². The summed E-state index contributed by atoms with van der Waals surface area (Å²) in [6, 6.07) is 4.02. The van der Waals surface area contributed by atoms with Gasteiger partial charge in [-0.15, -0.1) is 0 Å². The maximum Gasteiger partial charge on any atom is 0.328 e. The molecule has 0 aliphatic carbocycles. The highest BCUT2D eigenvalue weighted by Crippen LogP contribution is 2.11. The first-order valence-electron chi connectivity index (χ1n) is 14.2. The maximum absolute atomic E-state index is 13.4. The van der Waals surface area contributed by atoms with Gasteiger partial charge >= 0.3 is 12.0 Å². The van der Waals surface area contributed by atoms with Crippen molar-refractivity contribution in [1.82, 2.24) is 26.6 Å². The van der Waals surface area contributed by atoms with Gasteiger partial charge in [0.15, 0.2) is 0 Å². The van der Waals surface area contributed by atoms with Crippen LogP contribution in [0.25, 0.3) is 0 Å². The number of carbonyl (C=O) groups is 5. The number of hydrogen-bond acceptors (Lipinski definition) is 6. The third kappa shape index (κ3) is 11.3. The lowest BCUT2D eigenvalue weighted by Gasteiger charge is -2.27. The zero-order chi connectivity index (χ0) is 30.5. The molecule has 1 heterocycles. The molecule has 1 aliphatic rings.